The summed E-state index contributed by atoms with van der Waals surface area (Å²) in [6, 6.07) is 2.62. The van der Waals surface area contributed by atoms with E-state index in [4.69, 9.17) is 4.98 Å². The fraction of sp³-hybridized carbons (Fsp3) is 0.529. The molecule has 1 unspecified atom stereocenters. The molecule has 0 amide bonds. The maximum atomic E-state index is 4.94. The van der Waals surface area contributed by atoms with Crippen LogP contribution in [0.2, 0.25) is 0 Å². The van der Waals surface area contributed by atoms with Crippen molar-refractivity contribution in [1.82, 2.24) is 15.3 Å². The standard InChI is InChI=1S/C17H23N3S/c1-4-8-18-13-6-5-7-14-16(13)20-17(21-14)15-12(3)9-11(2)10-19-15/h9-10,13,18H,4-8H2,1-3H3. The van der Waals surface area contributed by atoms with Crippen molar-refractivity contribution in [3.05, 3.63) is 34.0 Å². The molecule has 0 fully saturated rings. The second kappa shape index (κ2) is 6.24. The number of pyridine rings is 1. The third-order valence-corrected chi connectivity index (χ3v) is 5.15. The van der Waals surface area contributed by atoms with Crippen LogP contribution in [-0.4, -0.2) is 16.5 Å². The maximum absolute atomic E-state index is 4.94. The third-order valence-electron chi connectivity index (χ3n) is 4.01. The molecular formula is C17H23N3S. The lowest BCUT2D eigenvalue weighted by molar-refractivity contribution is 0.454. The van der Waals surface area contributed by atoms with E-state index in [1.165, 1.54) is 47.4 Å². The van der Waals surface area contributed by atoms with E-state index in [2.05, 4.69) is 37.1 Å². The van der Waals surface area contributed by atoms with E-state index < -0.39 is 0 Å². The van der Waals surface area contributed by atoms with Crippen LogP contribution in [0.5, 0.6) is 0 Å². The van der Waals surface area contributed by atoms with E-state index in [1.807, 2.05) is 17.5 Å². The van der Waals surface area contributed by atoms with Crippen LogP contribution in [-0.2, 0) is 6.42 Å². The number of rotatable bonds is 4. The molecule has 0 saturated carbocycles. The molecule has 1 atom stereocenters. The molecule has 0 aliphatic heterocycles. The molecule has 2 aromatic rings. The van der Waals surface area contributed by atoms with Crippen molar-refractivity contribution in [3.8, 4) is 10.7 Å². The van der Waals surface area contributed by atoms with Crippen LogP contribution in [0.1, 0.15) is 53.9 Å². The molecule has 3 rings (SSSR count). The Kier molecular flexibility index (Phi) is 4.36. The van der Waals surface area contributed by atoms with Crippen molar-refractivity contribution < 1.29 is 0 Å². The van der Waals surface area contributed by atoms with Crippen molar-refractivity contribution in [3.63, 3.8) is 0 Å². The van der Waals surface area contributed by atoms with Gasteiger partial charge in [0, 0.05) is 11.1 Å². The summed E-state index contributed by atoms with van der Waals surface area (Å²) in [5.74, 6) is 0. The highest BCUT2D eigenvalue weighted by Crippen LogP contribution is 2.37. The van der Waals surface area contributed by atoms with Crippen LogP contribution in [0, 0.1) is 13.8 Å². The fourth-order valence-electron chi connectivity index (χ4n) is 2.98. The number of aryl methyl sites for hydroxylation is 3. The van der Waals surface area contributed by atoms with Gasteiger partial charge in [-0.15, -0.1) is 11.3 Å². The summed E-state index contributed by atoms with van der Waals surface area (Å²) < 4.78 is 0. The largest absolute Gasteiger partial charge is 0.309 e. The number of nitrogens with zero attached hydrogens (tertiary/aromatic N) is 2. The van der Waals surface area contributed by atoms with Gasteiger partial charge >= 0.3 is 0 Å². The highest BCUT2D eigenvalue weighted by atomic mass is 32.1. The van der Waals surface area contributed by atoms with Crippen LogP contribution < -0.4 is 5.32 Å². The highest BCUT2D eigenvalue weighted by molar-refractivity contribution is 7.15. The number of fused-ring (bicyclic) bond motifs is 1. The van der Waals surface area contributed by atoms with E-state index in [9.17, 15) is 0 Å². The van der Waals surface area contributed by atoms with Crippen LogP contribution >= 0.6 is 11.3 Å². The van der Waals surface area contributed by atoms with Crippen LogP contribution in [0.25, 0.3) is 10.7 Å². The predicted octanol–water partition coefficient (Wildman–Crippen LogP) is 4.20. The first-order chi connectivity index (χ1) is 10.2. The molecule has 0 aromatic carbocycles. The molecule has 2 aromatic heterocycles. The Morgan fingerprint density at radius 2 is 2.24 bits per heavy atom. The van der Waals surface area contributed by atoms with Crippen LogP contribution in [0.4, 0.5) is 0 Å². The molecule has 1 N–H and O–H groups in total. The molecule has 0 saturated heterocycles. The lowest BCUT2D eigenvalue weighted by Gasteiger charge is -2.22. The van der Waals surface area contributed by atoms with Gasteiger partial charge in [0.2, 0.25) is 0 Å². The van der Waals surface area contributed by atoms with Gasteiger partial charge in [-0.05, 0) is 57.2 Å². The summed E-state index contributed by atoms with van der Waals surface area (Å²) in [5, 5.41) is 4.73. The lowest BCUT2D eigenvalue weighted by Crippen LogP contribution is -2.25. The Balaban J connectivity index is 1.94. The van der Waals surface area contributed by atoms with Gasteiger partial charge in [-0.25, -0.2) is 4.98 Å². The zero-order valence-corrected chi connectivity index (χ0v) is 13.9. The monoisotopic (exact) mass is 301 g/mol. The molecule has 21 heavy (non-hydrogen) atoms. The van der Waals surface area contributed by atoms with Gasteiger partial charge in [0.05, 0.1) is 11.7 Å². The minimum absolute atomic E-state index is 0.435. The van der Waals surface area contributed by atoms with E-state index in [1.54, 1.807) is 0 Å². The first kappa shape index (κ1) is 14.7. The molecule has 2 heterocycles. The summed E-state index contributed by atoms with van der Waals surface area (Å²) in [6.07, 6.45) is 6.74. The van der Waals surface area contributed by atoms with Crippen LogP contribution in [0.15, 0.2) is 12.3 Å². The van der Waals surface area contributed by atoms with Gasteiger partial charge in [-0.3, -0.25) is 4.98 Å². The van der Waals surface area contributed by atoms with Crippen molar-refractivity contribution >= 4 is 11.3 Å². The number of nitrogens with one attached hydrogen (secondary N) is 1. The zero-order valence-electron chi connectivity index (χ0n) is 13.1. The molecule has 4 heteroatoms. The molecule has 3 nitrogen and oxygen atoms in total. The first-order valence-corrected chi connectivity index (χ1v) is 8.67. The van der Waals surface area contributed by atoms with Gasteiger partial charge in [-0.2, -0.15) is 0 Å². The fourth-order valence-corrected chi connectivity index (χ4v) is 4.20. The van der Waals surface area contributed by atoms with Crippen molar-refractivity contribution in [2.75, 3.05) is 6.54 Å². The van der Waals surface area contributed by atoms with Crippen molar-refractivity contribution in [2.24, 2.45) is 0 Å². The smallest absolute Gasteiger partial charge is 0.142 e. The van der Waals surface area contributed by atoms with Gasteiger partial charge in [0.25, 0.3) is 0 Å². The topological polar surface area (TPSA) is 37.8 Å². The Morgan fingerprint density at radius 1 is 1.38 bits per heavy atom. The lowest BCUT2D eigenvalue weighted by atomic mass is 9.97. The Labute approximate surface area is 130 Å². The predicted molar refractivity (Wildman–Crippen MR) is 88.8 cm³/mol. The minimum atomic E-state index is 0.435. The van der Waals surface area contributed by atoms with Crippen molar-refractivity contribution in [2.45, 2.75) is 52.5 Å². The van der Waals surface area contributed by atoms with Gasteiger partial charge in [0.15, 0.2) is 0 Å². The van der Waals surface area contributed by atoms with Gasteiger partial charge in [-0.1, -0.05) is 13.0 Å². The van der Waals surface area contributed by atoms with E-state index in [0.717, 1.165) is 17.2 Å². The molecular weight excluding hydrogens is 278 g/mol. The summed E-state index contributed by atoms with van der Waals surface area (Å²) >= 11 is 1.83. The number of hydrogen-bond donors (Lipinski definition) is 1. The molecule has 1 aliphatic carbocycles. The molecule has 1 aliphatic rings. The Morgan fingerprint density at radius 3 is 3.00 bits per heavy atom. The van der Waals surface area contributed by atoms with Gasteiger partial charge in [0.1, 0.15) is 10.7 Å². The Bertz CT molecular complexity index is 633. The number of aromatic nitrogens is 2. The maximum Gasteiger partial charge on any atom is 0.142 e. The molecule has 0 spiro atoms. The van der Waals surface area contributed by atoms with Crippen LogP contribution in [0.3, 0.4) is 0 Å². The number of thiazole rings is 1. The zero-order chi connectivity index (χ0) is 14.8. The normalized spacial score (nSPS) is 17.8. The number of hydrogen-bond acceptors (Lipinski definition) is 4. The SMILES string of the molecule is CCCNC1CCCc2sc(-c3ncc(C)cc3C)nc21. The summed E-state index contributed by atoms with van der Waals surface area (Å²) in [7, 11) is 0. The second-order valence-corrected chi connectivity index (χ2v) is 6.99. The third kappa shape index (κ3) is 3.01. The second-order valence-electron chi connectivity index (χ2n) is 5.90. The average Bonchev–Trinajstić information content (AvgIpc) is 2.89. The molecule has 0 bridgehead atoms. The minimum Gasteiger partial charge on any atom is -0.309 e. The Hall–Kier alpha value is -1.26. The van der Waals surface area contributed by atoms with E-state index in [-0.39, 0.29) is 0 Å². The van der Waals surface area contributed by atoms with E-state index in [0.29, 0.717) is 6.04 Å². The average molecular weight is 301 g/mol. The molecule has 0 radical (unpaired) electrons. The highest BCUT2D eigenvalue weighted by Gasteiger charge is 2.25. The summed E-state index contributed by atoms with van der Waals surface area (Å²) in [4.78, 5) is 11.0. The summed E-state index contributed by atoms with van der Waals surface area (Å²) in [6.45, 7) is 7.49. The quantitative estimate of drug-likeness (QED) is 0.919. The van der Waals surface area contributed by atoms with Crippen molar-refractivity contribution in [1.29, 1.82) is 0 Å². The summed E-state index contributed by atoms with van der Waals surface area (Å²) in [5.41, 5.74) is 4.75. The molecule has 112 valence electrons. The first-order valence-electron chi connectivity index (χ1n) is 7.85. The van der Waals surface area contributed by atoms with E-state index >= 15 is 0 Å². The van der Waals surface area contributed by atoms with Gasteiger partial charge < -0.3 is 5.32 Å².